The van der Waals surface area contributed by atoms with Crippen molar-refractivity contribution in [2.45, 2.75) is 65.6 Å². The van der Waals surface area contributed by atoms with Crippen molar-refractivity contribution in [3.63, 3.8) is 0 Å². The lowest BCUT2D eigenvalue weighted by atomic mass is 10.0. The second-order valence-electron chi connectivity index (χ2n) is 6.77. The molecule has 1 saturated heterocycles. The largest absolute Gasteiger partial charge is 0.311 e. The van der Waals surface area contributed by atoms with Gasteiger partial charge in [0.15, 0.2) is 0 Å². The molecule has 21 heavy (non-hydrogen) atoms. The van der Waals surface area contributed by atoms with Crippen LogP contribution in [0.15, 0.2) is 12.3 Å². The Morgan fingerprint density at radius 2 is 2.10 bits per heavy atom. The summed E-state index contributed by atoms with van der Waals surface area (Å²) in [6, 6.07) is 3.38. The molecule has 1 aliphatic rings. The number of hydrogen-bond acceptors (Lipinski definition) is 3. The van der Waals surface area contributed by atoms with Crippen molar-refractivity contribution in [1.29, 1.82) is 0 Å². The van der Waals surface area contributed by atoms with Crippen molar-refractivity contribution in [1.82, 2.24) is 20.0 Å². The van der Waals surface area contributed by atoms with Crippen LogP contribution >= 0.6 is 0 Å². The molecule has 0 spiro atoms. The molecule has 1 aromatic rings. The fourth-order valence-electron chi connectivity index (χ4n) is 3.32. The predicted octanol–water partition coefficient (Wildman–Crippen LogP) is 3.06. The maximum absolute atomic E-state index is 4.79. The van der Waals surface area contributed by atoms with Crippen LogP contribution in [0.25, 0.3) is 0 Å². The molecule has 1 unspecified atom stereocenters. The molecule has 0 radical (unpaired) electrons. The van der Waals surface area contributed by atoms with Gasteiger partial charge in [-0.05, 0) is 31.2 Å². The van der Waals surface area contributed by atoms with Crippen LogP contribution in [0.5, 0.6) is 0 Å². The van der Waals surface area contributed by atoms with E-state index in [9.17, 15) is 0 Å². The van der Waals surface area contributed by atoms with Gasteiger partial charge in [-0.15, -0.1) is 0 Å². The lowest BCUT2D eigenvalue weighted by Crippen LogP contribution is -2.50. The van der Waals surface area contributed by atoms with Crippen LogP contribution in [0.4, 0.5) is 0 Å². The Kier molecular flexibility index (Phi) is 6.24. The van der Waals surface area contributed by atoms with Crippen molar-refractivity contribution < 1.29 is 0 Å². The highest BCUT2D eigenvalue weighted by Crippen LogP contribution is 2.16. The second kappa shape index (κ2) is 7.95. The van der Waals surface area contributed by atoms with E-state index >= 15 is 0 Å². The molecular weight excluding hydrogens is 260 g/mol. The van der Waals surface area contributed by atoms with Crippen molar-refractivity contribution in [3.8, 4) is 0 Å². The van der Waals surface area contributed by atoms with Crippen molar-refractivity contribution in [2.75, 3.05) is 19.6 Å². The van der Waals surface area contributed by atoms with E-state index in [0.29, 0.717) is 12.1 Å². The van der Waals surface area contributed by atoms with Crippen LogP contribution in [0.2, 0.25) is 0 Å². The first-order valence-corrected chi connectivity index (χ1v) is 8.62. The third-order valence-electron chi connectivity index (χ3n) is 4.46. The lowest BCUT2D eigenvalue weighted by Gasteiger charge is -2.34. The van der Waals surface area contributed by atoms with Gasteiger partial charge in [-0.25, -0.2) is 0 Å². The Bertz CT molecular complexity index is 409. The molecule has 4 nitrogen and oxygen atoms in total. The molecule has 2 heterocycles. The van der Waals surface area contributed by atoms with E-state index in [0.717, 1.165) is 44.9 Å². The van der Waals surface area contributed by atoms with E-state index in [2.05, 4.69) is 54.9 Å². The van der Waals surface area contributed by atoms with E-state index in [1.165, 1.54) is 12.1 Å². The van der Waals surface area contributed by atoms with Gasteiger partial charge in [0.2, 0.25) is 0 Å². The zero-order chi connectivity index (χ0) is 15.2. The lowest BCUT2D eigenvalue weighted by molar-refractivity contribution is 0.177. The first-order chi connectivity index (χ1) is 10.1. The van der Waals surface area contributed by atoms with Crippen LogP contribution < -0.4 is 5.32 Å². The number of piperazine rings is 1. The number of aromatic nitrogens is 2. The zero-order valence-electron chi connectivity index (χ0n) is 14.2. The van der Waals surface area contributed by atoms with Crippen LogP contribution in [-0.2, 0) is 6.54 Å². The second-order valence-corrected chi connectivity index (χ2v) is 6.77. The van der Waals surface area contributed by atoms with E-state index in [1.54, 1.807) is 0 Å². The van der Waals surface area contributed by atoms with Crippen LogP contribution in [0.3, 0.4) is 0 Å². The van der Waals surface area contributed by atoms with Gasteiger partial charge in [0.05, 0.1) is 11.7 Å². The van der Waals surface area contributed by atoms with E-state index in [-0.39, 0.29) is 0 Å². The molecule has 0 saturated carbocycles. The molecule has 0 bridgehead atoms. The van der Waals surface area contributed by atoms with Gasteiger partial charge in [-0.2, -0.15) is 5.10 Å². The standard InChI is InChI=1S/C17H32N4/c1-5-17(6-2)21-9-7-15(19-21)12-20-10-8-18-16(13-20)11-14(3)4/h7,9,14,16-18H,5-6,8,10-13H2,1-4H3. The van der Waals surface area contributed by atoms with Gasteiger partial charge in [0, 0.05) is 38.4 Å². The highest BCUT2D eigenvalue weighted by molar-refractivity contribution is 5.00. The molecule has 1 N–H and O–H groups in total. The summed E-state index contributed by atoms with van der Waals surface area (Å²) >= 11 is 0. The first kappa shape index (κ1) is 16.5. The smallest absolute Gasteiger partial charge is 0.0764 e. The Hall–Kier alpha value is -0.870. The fourth-order valence-corrected chi connectivity index (χ4v) is 3.32. The summed E-state index contributed by atoms with van der Waals surface area (Å²) in [7, 11) is 0. The molecule has 2 rings (SSSR count). The molecule has 4 heteroatoms. The average Bonchev–Trinajstić information content (AvgIpc) is 2.88. The molecule has 0 aliphatic carbocycles. The van der Waals surface area contributed by atoms with Gasteiger partial charge >= 0.3 is 0 Å². The summed E-state index contributed by atoms with van der Waals surface area (Å²) in [6.07, 6.45) is 5.73. The zero-order valence-corrected chi connectivity index (χ0v) is 14.2. The van der Waals surface area contributed by atoms with E-state index in [4.69, 9.17) is 5.10 Å². The highest BCUT2D eigenvalue weighted by Gasteiger charge is 2.20. The van der Waals surface area contributed by atoms with Crippen LogP contribution in [0.1, 0.15) is 58.7 Å². The van der Waals surface area contributed by atoms with E-state index < -0.39 is 0 Å². The number of hydrogen-bond donors (Lipinski definition) is 1. The fraction of sp³-hybridized carbons (Fsp3) is 0.824. The van der Waals surface area contributed by atoms with Gasteiger partial charge < -0.3 is 5.32 Å². The summed E-state index contributed by atoms with van der Waals surface area (Å²) in [6.45, 7) is 13.5. The van der Waals surface area contributed by atoms with Crippen molar-refractivity contribution in [2.24, 2.45) is 5.92 Å². The maximum Gasteiger partial charge on any atom is 0.0764 e. The van der Waals surface area contributed by atoms with Crippen molar-refractivity contribution >= 4 is 0 Å². The van der Waals surface area contributed by atoms with E-state index in [1.807, 2.05) is 0 Å². The number of nitrogens with zero attached hydrogens (tertiary/aromatic N) is 3. The third-order valence-corrected chi connectivity index (χ3v) is 4.46. The molecule has 1 aromatic heterocycles. The van der Waals surface area contributed by atoms with Crippen LogP contribution in [-0.4, -0.2) is 40.4 Å². The molecule has 120 valence electrons. The summed E-state index contributed by atoms with van der Waals surface area (Å²) in [5.41, 5.74) is 1.21. The van der Waals surface area contributed by atoms with Gasteiger partial charge in [-0.3, -0.25) is 9.58 Å². The average molecular weight is 292 g/mol. The number of rotatable bonds is 7. The summed E-state index contributed by atoms with van der Waals surface area (Å²) < 4.78 is 2.16. The molecule has 1 fully saturated rings. The van der Waals surface area contributed by atoms with Gasteiger partial charge in [0.1, 0.15) is 0 Å². The third kappa shape index (κ3) is 4.82. The SMILES string of the molecule is CCC(CC)n1ccc(CN2CCNC(CC(C)C)C2)n1. The minimum atomic E-state index is 0.551. The summed E-state index contributed by atoms with van der Waals surface area (Å²) in [5.74, 6) is 0.761. The first-order valence-electron chi connectivity index (χ1n) is 8.62. The van der Waals surface area contributed by atoms with Gasteiger partial charge in [0.25, 0.3) is 0 Å². The maximum atomic E-state index is 4.79. The minimum Gasteiger partial charge on any atom is -0.311 e. The monoisotopic (exact) mass is 292 g/mol. The van der Waals surface area contributed by atoms with Crippen LogP contribution in [0, 0.1) is 5.92 Å². The highest BCUT2D eigenvalue weighted by atomic mass is 15.3. The van der Waals surface area contributed by atoms with Gasteiger partial charge in [-0.1, -0.05) is 27.7 Å². The normalized spacial score (nSPS) is 20.6. The molecule has 0 aromatic carbocycles. The molecule has 1 atom stereocenters. The van der Waals surface area contributed by atoms with Crippen molar-refractivity contribution in [3.05, 3.63) is 18.0 Å². The molecular formula is C17H32N4. The topological polar surface area (TPSA) is 33.1 Å². The Balaban J connectivity index is 1.89. The summed E-state index contributed by atoms with van der Waals surface area (Å²) in [4.78, 5) is 2.54. The number of nitrogens with one attached hydrogen (secondary N) is 1. The Labute approximate surface area is 129 Å². The Morgan fingerprint density at radius 3 is 2.76 bits per heavy atom. The Morgan fingerprint density at radius 1 is 1.33 bits per heavy atom. The summed E-state index contributed by atoms with van der Waals surface area (Å²) in [5, 5.41) is 8.43. The molecule has 1 aliphatic heterocycles. The predicted molar refractivity (Wildman–Crippen MR) is 88.4 cm³/mol. The minimum absolute atomic E-state index is 0.551. The molecule has 0 amide bonds. The quantitative estimate of drug-likeness (QED) is 0.838.